The highest BCUT2D eigenvalue weighted by Gasteiger charge is 1.90. The minimum Gasteiger partial charge on any atom is -0.361 e. The van der Waals surface area contributed by atoms with Crippen LogP contribution in [0.15, 0.2) is 43.1 Å². The quantitative estimate of drug-likeness (QED) is 0.592. The Morgan fingerprint density at radius 1 is 1.25 bits per heavy atom. The number of H-pyrrole nitrogens is 1. The number of allylic oxidation sites excluding steroid dienone is 1. The predicted octanol–water partition coefficient (Wildman–Crippen LogP) is 5.08. The Hall–Kier alpha value is -1.50. The van der Waals surface area contributed by atoms with Gasteiger partial charge in [-0.1, -0.05) is 38.0 Å². The molecular weight excluding hydrogens is 194 g/mol. The van der Waals surface area contributed by atoms with Gasteiger partial charge in [0.25, 0.3) is 0 Å². The SMILES string of the molecule is C=CC.CCC.Cc1ccc2[nH]ccc2c1. The average Bonchev–Trinajstić information content (AvgIpc) is 2.67. The van der Waals surface area contributed by atoms with E-state index in [1.165, 1.54) is 22.9 Å². The summed E-state index contributed by atoms with van der Waals surface area (Å²) in [4.78, 5) is 3.15. The normalized spacial score (nSPS) is 8.50. The second-order valence-electron chi connectivity index (χ2n) is 3.68. The summed E-state index contributed by atoms with van der Waals surface area (Å²) in [6, 6.07) is 8.47. The number of benzene rings is 1. The number of nitrogens with one attached hydrogen (secondary N) is 1. The van der Waals surface area contributed by atoms with Crippen LogP contribution in [0.4, 0.5) is 0 Å². The second kappa shape index (κ2) is 8.78. The van der Waals surface area contributed by atoms with Crippen LogP contribution in [-0.2, 0) is 0 Å². The Bertz CT molecular complexity index is 398. The molecule has 1 aromatic carbocycles. The van der Waals surface area contributed by atoms with Crippen LogP contribution in [0.3, 0.4) is 0 Å². The zero-order chi connectivity index (χ0) is 12.4. The molecule has 0 amide bonds. The highest BCUT2D eigenvalue weighted by Crippen LogP contribution is 2.12. The van der Waals surface area contributed by atoms with Gasteiger partial charge in [-0.2, -0.15) is 0 Å². The van der Waals surface area contributed by atoms with Gasteiger partial charge in [0.15, 0.2) is 0 Å². The van der Waals surface area contributed by atoms with Crippen LogP contribution < -0.4 is 0 Å². The molecule has 0 saturated carbocycles. The summed E-state index contributed by atoms with van der Waals surface area (Å²) in [5, 5.41) is 1.29. The number of aromatic nitrogens is 1. The molecule has 0 bridgehead atoms. The molecule has 2 aromatic rings. The molecule has 0 spiro atoms. The van der Waals surface area contributed by atoms with Crippen molar-refractivity contribution in [3.63, 3.8) is 0 Å². The molecule has 0 aliphatic rings. The van der Waals surface area contributed by atoms with E-state index >= 15 is 0 Å². The molecule has 1 heterocycles. The van der Waals surface area contributed by atoms with Gasteiger partial charge in [0.2, 0.25) is 0 Å². The fourth-order valence-electron chi connectivity index (χ4n) is 1.17. The maximum Gasteiger partial charge on any atom is 0.0454 e. The summed E-state index contributed by atoms with van der Waals surface area (Å²) < 4.78 is 0. The number of fused-ring (bicyclic) bond motifs is 1. The third kappa shape index (κ3) is 5.40. The van der Waals surface area contributed by atoms with Gasteiger partial charge in [-0.15, -0.1) is 6.58 Å². The molecular formula is C15H23N. The van der Waals surface area contributed by atoms with Crippen molar-refractivity contribution in [1.29, 1.82) is 0 Å². The molecule has 1 N–H and O–H groups in total. The maximum atomic E-state index is 3.36. The van der Waals surface area contributed by atoms with Gasteiger partial charge in [-0.25, -0.2) is 0 Å². The van der Waals surface area contributed by atoms with Gasteiger partial charge in [0.05, 0.1) is 0 Å². The van der Waals surface area contributed by atoms with Crippen molar-refractivity contribution in [1.82, 2.24) is 4.98 Å². The summed E-state index contributed by atoms with van der Waals surface area (Å²) in [6.45, 7) is 11.6. The van der Waals surface area contributed by atoms with Crippen LogP contribution >= 0.6 is 0 Å². The van der Waals surface area contributed by atoms with Crippen LogP contribution in [0.2, 0.25) is 0 Å². The van der Waals surface area contributed by atoms with Crippen molar-refractivity contribution in [2.24, 2.45) is 0 Å². The highest BCUT2D eigenvalue weighted by molar-refractivity contribution is 5.79. The Morgan fingerprint density at radius 2 is 1.81 bits per heavy atom. The Kier molecular flexibility index (Phi) is 7.96. The zero-order valence-electron chi connectivity index (χ0n) is 10.9. The molecule has 2 rings (SSSR count). The van der Waals surface area contributed by atoms with E-state index in [-0.39, 0.29) is 0 Å². The van der Waals surface area contributed by atoms with Crippen molar-refractivity contribution in [2.45, 2.75) is 34.1 Å². The fourth-order valence-corrected chi connectivity index (χ4v) is 1.17. The third-order valence-corrected chi connectivity index (χ3v) is 1.71. The Morgan fingerprint density at radius 3 is 2.38 bits per heavy atom. The van der Waals surface area contributed by atoms with E-state index in [1.807, 2.05) is 13.1 Å². The van der Waals surface area contributed by atoms with E-state index in [4.69, 9.17) is 0 Å². The van der Waals surface area contributed by atoms with Crippen molar-refractivity contribution in [3.8, 4) is 0 Å². The average molecular weight is 217 g/mol. The van der Waals surface area contributed by atoms with Crippen LogP contribution in [0.1, 0.15) is 32.8 Å². The van der Waals surface area contributed by atoms with Gasteiger partial charge < -0.3 is 4.98 Å². The molecule has 1 heteroatoms. The molecule has 0 saturated heterocycles. The standard InChI is InChI=1S/C9H9N.C3H8.C3H6/c1-7-2-3-9-8(6-7)4-5-10-9;2*1-3-2/h2-6,10H,1H3;3H2,1-2H3;3H,1H2,2H3. The first kappa shape index (κ1) is 14.5. The second-order valence-corrected chi connectivity index (χ2v) is 3.68. The smallest absolute Gasteiger partial charge is 0.0454 e. The van der Waals surface area contributed by atoms with Gasteiger partial charge in [-0.05, 0) is 37.4 Å². The third-order valence-electron chi connectivity index (χ3n) is 1.71. The summed E-state index contributed by atoms with van der Waals surface area (Å²) in [5.74, 6) is 0. The first-order valence-electron chi connectivity index (χ1n) is 5.80. The molecule has 0 radical (unpaired) electrons. The van der Waals surface area contributed by atoms with Crippen LogP contribution in [0.25, 0.3) is 10.9 Å². The fraction of sp³-hybridized carbons (Fsp3) is 0.333. The zero-order valence-corrected chi connectivity index (χ0v) is 10.9. The molecule has 16 heavy (non-hydrogen) atoms. The minimum absolute atomic E-state index is 1.21. The van der Waals surface area contributed by atoms with Crippen molar-refractivity contribution >= 4 is 10.9 Å². The molecule has 0 aliphatic heterocycles. The van der Waals surface area contributed by atoms with E-state index < -0.39 is 0 Å². The number of rotatable bonds is 0. The lowest BCUT2D eigenvalue weighted by atomic mass is 10.2. The molecule has 1 nitrogen and oxygen atoms in total. The molecule has 0 atom stereocenters. The first-order valence-corrected chi connectivity index (χ1v) is 5.80. The number of hydrogen-bond acceptors (Lipinski definition) is 0. The van der Waals surface area contributed by atoms with Gasteiger partial charge in [-0.3, -0.25) is 0 Å². The summed E-state index contributed by atoms with van der Waals surface area (Å²) in [7, 11) is 0. The predicted molar refractivity (Wildman–Crippen MR) is 74.9 cm³/mol. The van der Waals surface area contributed by atoms with Gasteiger partial charge in [0, 0.05) is 11.7 Å². The lowest BCUT2D eigenvalue weighted by Crippen LogP contribution is -1.69. The number of aromatic amines is 1. The van der Waals surface area contributed by atoms with Crippen molar-refractivity contribution < 1.29 is 0 Å². The molecule has 0 unspecified atom stereocenters. The van der Waals surface area contributed by atoms with Gasteiger partial charge >= 0.3 is 0 Å². The highest BCUT2D eigenvalue weighted by atomic mass is 14.7. The Balaban J connectivity index is 0.000000321. The molecule has 0 fully saturated rings. The number of hydrogen-bond donors (Lipinski definition) is 1. The van der Waals surface area contributed by atoms with E-state index in [9.17, 15) is 0 Å². The Labute approximate surface area is 99.2 Å². The van der Waals surface area contributed by atoms with E-state index in [0.717, 1.165) is 0 Å². The first-order chi connectivity index (χ1) is 7.69. The minimum atomic E-state index is 1.21. The van der Waals surface area contributed by atoms with E-state index in [1.54, 1.807) is 6.08 Å². The summed E-state index contributed by atoms with van der Waals surface area (Å²) >= 11 is 0. The van der Waals surface area contributed by atoms with Crippen LogP contribution in [0, 0.1) is 6.92 Å². The van der Waals surface area contributed by atoms with E-state index in [2.05, 4.69) is 56.6 Å². The number of aryl methyl sites for hydroxylation is 1. The topological polar surface area (TPSA) is 15.8 Å². The molecule has 88 valence electrons. The monoisotopic (exact) mass is 217 g/mol. The van der Waals surface area contributed by atoms with E-state index in [0.29, 0.717) is 0 Å². The van der Waals surface area contributed by atoms with Crippen LogP contribution in [-0.4, -0.2) is 4.98 Å². The van der Waals surface area contributed by atoms with Crippen molar-refractivity contribution in [3.05, 3.63) is 48.7 Å². The largest absolute Gasteiger partial charge is 0.361 e. The molecule has 0 aliphatic carbocycles. The van der Waals surface area contributed by atoms with Crippen LogP contribution in [0.5, 0.6) is 0 Å². The van der Waals surface area contributed by atoms with Gasteiger partial charge in [0.1, 0.15) is 0 Å². The maximum absolute atomic E-state index is 3.36. The van der Waals surface area contributed by atoms with Crippen molar-refractivity contribution in [2.75, 3.05) is 0 Å². The summed E-state index contributed by atoms with van der Waals surface area (Å²) in [6.07, 6.45) is 4.96. The summed E-state index contributed by atoms with van der Waals surface area (Å²) in [5.41, 5.74) is 2.53. The molecule has 1 aromatic heterocycles. The lowest BCUT2D eigenvalue weighted by Gasteiger charge is -1.90. The lowest BCUT2D eigenvalue weighted by molar-refractivity contribution is 1.09.